The summed E-state index contributed by atoms with van der Waals surface area (Å²) < 4.78 is 10.5. The number of rotatable bonds is 4. The monoisotopic (exact) mass is 250 g/mol. The highest BCUT2D eigenvalue weighted by atomic mass is 16.5. The molecule has 1 heterocycles. The Hall–Kier alpha value is -1.59. The molecular weight excluding hydrogens is 232 g/mol. The summed E-state index contributed by atoms with van der Waals surface area (Å²) in [5.74, 6) is 0.742. The van der Waals surface area contributed by atoms with Gasteiger partial charge in [-0.2, -0.15) is 0 Å². The maximum Gasteiger partial charge on any atom is 0.239 e. The lowest BCUT2D eigenvalue weighted by Crippen LogP contribution is -2.51. The zero-order valence-corrected chi connectivity index (χ0v) is 10.4. The average Bonchev–Trinajstić information content (AvgIpc) is 2.46. The van der Waals surface area contributed by atoms with E-state index in [1.165, 1.54) is 0 Å². The van der Waals surface area contributed by atoms with Crippen molar-refractivity contribution < 1.29 is 14.3 Å². The van der Waals surface area contributed by atoms with E-state index < -0.39 is 0 Å². The highest BCUT2D eigenvalue weighted by molar-refractivity contribution is 5.82. The lowest BCUT2D eigenvalue weighted by atomic mass is 10.2. The lowest BCUT2D eigenvalue weighted by Gasteiger charge is -2.23. The van der Waals surface area contributed by atoms with Crippen molar-refractivity contribution in [3.8, 4) is 5.75 Å². The van der Waals surface area contributed by atoms with Crippen LogP contribution in [0.5, 0.6) is 5.75 Å². The van der Waals surface area contributed by atoms with E-state index >= 15 is 0 Å². The van der Waals surface area contributed by atoms with E-state index in [-0.39, 0.29) is 11.9 Å². The number of hydrogen-bond donors (Lipinski definition) is 2. The first-order chi connectivity index (χ1) is 8.81. The third kappa shape index (κ3) is 3.21. The van der Waals surface area contributed by atoms with Crippen molar-refractivity contribution in [2.45, 2.75) is 12.6 Å². The molecular formula is C13H18N2O3. The second kappa shape index (κ2) is 6.37. The van der Waals surface area contributed by atoms with Gasteiger partial charge in [0.1, 0.15) is 11.8 Å². The van der Waals surface area contributed by atoms with Gasteiger partial charge in [-0.1, -0.05) is 18.2 Å². The molecule has 1 aromatic rings. The van der Waals surface area contributed by atoms with Crippen LogP contribution >= 0.6 is 0 Å². The molecule has 0 bridgehead atoms. The van der Waals surface area contributed by atoms with Crippen LogP contribution in [-0.2, 0) is 16.1 Å². The summed E-state index contributed by atoms with van der Waals surface area (Å²) in [7, 11) is 1.62. The number of carbonyl (C=O) groups excluding carboxylic acids is 1. The van der Waals surface area contributed by atoms with Crippen LogP contribution in [0.25, 0.3) is 0 Å². The van der Waals surface area contributed by atoms with Crippen LogP contribution in [0.3, 0.4) is 0 Å². The molecule has 1 fully saturated rings. The molecule has 0 aliphatic carbocycles. The van der Waals surface area contributed by atoms with Crippen LogP contribution in [0.2, 0.25) is 0 Å². The summed E-state index contributed by atoms with van der Waals surface area (Å²) in [6.45, 7) is 2.27. The van der Waals surface area contributed by atoms with Gasteiger partial charge in [0, 0.05) is 18.7 Å². The molecule has 1 aromatic carbocycles. The number of amides is 1. The van der Waals surface area contributed by atoms with Gasteiger partial charge >= 0.3 is 0 Å². The molecule has 1 amide bonds. The number of hydrogen-bond acceptors (Lipinski definition) is 4. The molecule has 1 aliphatic heterocycles. The van der Waals surface area contributed by atoms with Crippen LogP contribution in [0.15, 0.2) is 24.3 Å². The van der Waals surface area contributed by atoms with E-state index in [1.54, 1.807) is 7.11 Å². The van der Waals surface area contributed by atoms with Crippen molar-refractivity contribution in [3.05, 3.63) is 29.8 Å². The van der Waals surface area contributed by atoms with Gasteiger partial charge in [-0.05, 0) is 6.07 Å². The predicted octanol–water partition coefficient (Wildman–Crippen LogP) is 0.300. The van der Waals surface area contributed by atoms with Gasteiger partial charge in [-0.25, -0.2) is 0 Å². The van der Waals surface area contributed by atoms with E-state index in [2.05, 4.69) is 10.6 Å². The van der Waals surface area contributed by atoms with Crippen LogP contribution in [0.4, 0.5) is 0 Å². The number of morpholine rings is 1. The van der Waals surface area contributed by atoms with E-state index in [0.29, 0.717) is 26.3 Å². The number of methoxy groups -OCH3 is 1. The van der Waals surface area contributed by atoms with Crippen LogP contribution < -0.4 is 15.4 Å². The van der Waals surface area contributed by atoms with Crippen molar-refractivity contribution in [1.82, 2.24) is 10.6 Å². The highest BCUT2D eigenvalue weighted by Crippen LogP contribution is 2.16. The summed E-state index contributed by atoms with van der Waals surface area (Å²) in [6.07, 6.45) is 0. The zero-order valence-electron chi connectivity index (χ0n) is 10.4. The predicted molar refractivity (Wildman–Crippen MR) is 67.5 cm³/mol. The third-order valence-corrected chi connectivity index (χ3v) is 2.88. The maximum absolute atomic E-state index is 11.9. The zero-order chi connectivity index (χ0) is 12.8. The van der Waals surface area contributed by atoms with E-state index in [0.717, 1.165) is 11.3 Å². The maximum atomic E-state index is 11.9. The van der Waals surface area contributed by atoms with Crippen molar-refractivity contribution in [2.75, 3.05) is 26.9 Å². The Balaban J connectivity index is 1.88. The van der Waals surface area contributed by atoms with E-state index in [4.69, 9.17) is 9.47 Å². The molecule has 2 N–H and O–H groups in total. The summed E-state index contributed by atoms with van der Waals surface area (Å²) in [5, 5.41) is 6.00. The molecule has 18 heavy (non-hydrogen) atoms. The Kier molecular flexibility index (Phi) is 4.55. The molecule has 1 aliphatic rings. The molecule has 0 aromatic heterocycles. The van der Waals surface area contributed by atoms with Gasteiger partial charge < -0.3 is 20.1 Å². The first-order valence-corrected chi connectivity index (χ1v) is 6.02. The molecule has 0 saturated carbocycles. The molecule has 98 valence electrons. The third-order valence-electron chi connectivity index (χ3n) is 2.88. The van der Waals surface area contributed by atoms with Gasteiger partial charge in [-0.15, -0.1) is 0 Å². The van der Waals surface area contributed by atoms with Crippen molar-refractivity contribution >= 4 is 5.91 Å². The Bertz CT molecular complexity index is 403. The molecule has 1 unspecified atom stereocenters. The first kappa shape index (κ1) is 12.9. The fourth-order valence-corrected chi connectivity index (χ4v) is 1.89. The molecule has 0 spiro atoms. The number of ether oxygens (including phenoxy) is 2. The van der Waals surface area contributed by atoms with E-state index in [9.17, 15) is 4.79 Å². The van der Waals surface area contributed by atoms with Crippen LogP contribution in [0.1, 0.15) is 5.56 Å². The minimum absolute atomic E-state index is 0.0411. The minimum atomic E-state index is -0.256. The quantitative estimate of drug-likeness (QED) is 0.807. The molecule has 5 heteroatoms. The topological polar surface area (TPSA) is 59.6 Å². The standard InChI is InChI=1S/C13H18N2O3/c1-17-12-5-3-2-4-10(12)8-15-13(16)11-9-18-7-6-14-11/h2-5,11,14H,6-9H2,1H3,(H,15,16). The Labute approximate surface area is 106 Å². The summed E-state index contributed by atoms with van der Waals surface area (Å²) >= 11 is 0. The number of carbonyl (C=O) groups is 1. The molecule has 1 saturated heterocycles. The van der Waals surface area contributed by atoms with Gasteiger partial charge in [0.2, 0.25) is 5.91 Å². The number of para-hydroxylation sites is 1. The van der Waals surface area contributed by atoms with Crippen LogP contribution in [0, 0.1) is 0 Å². The van der Waals surface area contributed by atoms with Gasteiger partial charge in [0.15, 0.2) is 0 Å². The van der Waals surface area contributed by atoms with Crippen molar-refractivity contribution in [2.24, 2.45) is 0 Å². The average molecular weight is 250 g/mol. The Morgan fingerprint density at radius 1 is 1.56 bits per heavy atom. The smallest absolute Gasteiger partial charge is 0.239 e. The largest absolute Gasteiger partial charge is 0.496 e. The van der Waals surface area contributed by atoms with E-state index in [1.807, 2.05) is 24.3 Å². The fourth-order valence-electron chi connectivity index (χ4n) is 1.89. The van der Waals surface area contributed by atoms with Crippen molar-refractivity contribution in [1.29, 1.82) is 0 Å². The Morgan fingerprint density at radius 3 is 3.11 bits per heavy atom. The Morgan fingerprint density at radius 2 is 2.39 bits per heavy atom. The number of nitrogens with one attached hydrogen (secondary N) is 2. The van der Waals surface area contributed by atoms with Gasteiger partial charge in [-0.3, -0.25) is 4.79 Å². The molecule has 5 nitrogen and oxygen atoms in total. The summed E-state index contributed by atoms with van der Waals surface area (Å²) in [6, 6.07) is 7.38. The normalized spacial score (nSPS) is 19.3. The van der Waals surface area contributed by atoms with Crippen LogP contribution in [-0.4, -0.2) is 38.8 Å². The highest BCUT2D eigenvalue weighted by Gasteiger charge is 2.20. The fraction of sp³-hybridized carbons (Fsp3) is 0.462. The second-order valence-electron chi connectivity index (χ2n) is 4.11. The van der Waals surface area contributed by atoms with Gasteiger partial charge in [0.25, 0.3) is 0 Å². The molecule has 1 atom stereocenters. The van der Waals surface area contributed by atoms with Crippen molar-refractivity contribution in [3.63, 3.8) is 0 Å². The summed E-state index contributed by atoms with van der Waals surface area (Å²) in [5.41, 5.74) is 0.963. The lowest BCUT2D eigenvalue weighted by molar-refractivity contribution is -0.126. The molecule has 2 rings (SSSR count). The minimum Gasteiger partial charge on any atom is -0.496 e. The first-order valence-electron chi connectivity index (χ1n) is 6.02. The van der Waals surface area contributed by atoms with Gasteiger partial charge in [0.05, 0.1) is 20.3 Å². The second-order valence-corrected chi connectivity index (χ2v) is 4.11. The SMILES string of the molecule is COc1ccccc1CNC(=O)C1COCCN1. The molecule has 0 radical (unpaired) electrons. The summed E-state index contributed by atoms with van der Waals surface area (Å²) in [4.78, 5) is 11.9. The number of benzene rings is 1.